The average Bonchev–Trinajstić information content (AvgIpc) is 3.55. The van der Waals surface area contributed by atoms with Crippen LogP contribution >= 0.6 is 0 Å². The van der Waals surface area contributed by atoms with E-state index in [0.717, 1.165) is 58.4 Å². The van der Waals surface area contributed by atoms with Crippen molar-refractivity contribution >= 4 is 34.0 Å². The van der Waals surface area contributed by atoms with E-state index in [1.54, 1.807) is 6.92 Å². The van der Waals surface area contributed by atoms with Crippen molar-refractivity contribution in [3.05, 3.63) is 53.1 Å². The molecule has 0 radical (unpaired) electrons. The van der Waals surface area contributed by atoms with Gasteiger partial charge in [-0.15, -0.1) is 0 Å². The molecular weight excluding hydrogens is 455 g/mol. The standard InChI is InChI=1S/C29H33FN4O2/c1-19(36)21-7-8-23-16-28(34(26(23)14-21)17-20-5-6-20)29-31-25-13-24(18-35)22(15-27(25)33(29)3)9-12-32(2)11-4-10-30/h7-8,13-16,18,20H,4-6,9-12,17H2,1-3H3. The molecule has 0 saturated heterocycles. The molecule has 0 aliphatic heterocycles. The van der Waals surface area contributed by atoms with E-state index in [4.69, 9.17) is 4.98 Å². The van der Waals surface area contributed by atoms with Gasteiger partial charge in [-0.25, -0.2) is 4.98 Å². The number of ketones is 1. The zero-order valence-corrected chi connectivity index (χ0v) is 21.3. The van der Waals surface area contributed by atoms with Gasteiger partial charge in [-0.3, -0.25) is 14.0 Å². The summed E-state index contributed by atoms with van der Waals surface area (Å²) in [6.45, 7) is 3.64. The first kappa shape index (κ1) is 24.4. The van der Waals surface area contributed by atoms with Gasteiger partial charge in [0.2, 0.25) is 0 Å². The van der Waals surface area contributed by atoms with Gasteiger partial charge in [0, 0.05) is 48.7 Å². The van der Waals surface area contributed by atoms with Crippen molar-refractivity contribution in [2.45, 2.75) is 39.2 Å². The van der Waals surface area contributed by atoms with Crippen LogP contribution in [0.15, 0.2) is 36.4 Å². The number of hydrogen-bond acceptors (Lipinski definition) is 4. The van der Waals surface area contributed by atoms with Crippen LogP contribution in [0.5, 0.6) is 0 Å². The predicted octanol–water partition coefficient (Wildman–Crippen LogP) is 5.45. The first-order valence-corrected chi connectivity index (χ1v) is 12.7. The molecule has 0 amide bonds. The molecular formula is C29H33FN4O2. The van der Waals surface area contributed by atoms with Crippen LogP contribution in [0.2, 0.25) is 0 Å². The molecule has 2 aromatic heterocycles. The van der Waals surface area contributed by atoms with E-state index < -0.39 is 0 Å². The van der Waals surface area contributed by atoms with Crippen LogP contribution in [-0.4, -0.2) is 57.9 Å². The number of alkyl halides is 1. The molecule has 0 spiro atoms. The minimum Gasteiger partial charge on any atom is -0.338 e. The molecule has 0 N–H and O–H groups in total. The normalized spacial score (nSPS) is 13.8. The van der Waals surface area contributed by atoms with Crippen molar-refractivity contribution < 1.29 is 14.0 Å². The van der Waals surface area contributed by atoms with E-state index in [1.165, 1.54) is 12.8 Å². The molecule has 2 heterocycles. The number of halogens is 1. The maximum Gasteiger partial charge on any atom is 0.159 e. The van der Waals surface area contributed by atoms with E-state index in [2.05, 4.69) is 26.2 Å². The molecule has 2 aromatic carbocycles. The van der Waals surface area contributed by atoms with E-state index >= 15 is 0 Å². The van der Waals surface area contributed by atoms with Gasteiger partial charge < -0.3 is 14.0 Å². The fourth-order valence-electron chi connectivity index (χ4n) is 5.02. The Kier molecular flexibility index (Phi) is 6.75. The molecule has 4 aromatic rings. The zero-order valence-electron chi connectivity index (χ0n) is 21.3. The number of carbonyl (C=O) groups is 2. The van der Waals surface area contributed by atoms with E-state index in [-0.39, 0.29) is 12.5 Å². The van der Waals surface area contributed by atoms with Gasteiger partial charge in [0.15, 0.2) is 11.6 Å². The first-order valence-electron chi connectivity index (χ1n) is 12.7. The molecule has 1 fully saturated rings. The molecule has 0 bridgehead atoms. The lowest BCUT2D eigenvalue weighted by Crippen LogP contribution is -2.23. The Labute approximate surface area is 210 Å². The quantitative estimate of drug-likeness (QED) is 0.208. The number of aldehydes is 1. The van der Waals surface area contributed by atoms with Crippen LogP contribution in [0.25, 0.3) is 33.5 Å². The van der Waals surface area contributed by atoms with Gasteiger partial charge in [0.05, 0.1) is 23.4 Å². The van der Waals surface area contributed by atoms with Crippen molar-refractivity contribution in [2.24, 2.45) is 13.0 Å². The van der Waals surface area contributed by atoms with E-state index in [1.807, 2.05) is 38.4 Å². The minimum absolute atomic E-state index is 0.0598. The Balaban J connectivity index is 1.57. The highest BCUT2D eigenvalue weighted by Gasteiger charge is 2.26. The van der Waals surface area contributed by atoms with Crippen LogP contribution in [0.1, 0.15) is 52.5 Å². The Morgan fingerprint density at radius 3 is 2.67 bits per heavy atom. The second-order valence-electron chi connectivity index (χ2n) is 10.2. The summed E-state index contributed by atoms with van der Waals surface area (Å²) in [5.41, 5.74) is 6.19. The van der Waals surface area contributed by atoms with Crippen LogP contribution in [0.3, 0.4) is 0 Å². The zero-order chi connectivity index (χ0) is 25.4. The topological polar surface area (TPSA) is 60.1 Å². The smallest absolute Gasteiger partial charge is 0.159 e. The van der Waals surface area contributed by atoms with Crippen LogP contribution in [0, 0.1) is 5.92 Å². The predicted molar refractivity (Wildman–Crippen MR) is 142 cm³/mol. The number of benzene rings is 2. The lowest BCUT2D eigenvalue weighted by molar-refractivity contribution is 0.101. The summed E-state index contributed by atoms with van der Waals surface area (Å²) in [5.74, 6) is 1.56. The number of fused-ring (bicyclic) bond motifs is 2. The first-order chi connectivity index (χ1) is 17.4. The Bertz CT molecular complexity index is 1450. The molecule has 36 heavy (non-hydrogen) atoms. The maximum absolute atomic E-state index is 12.5. The molecule has 0 atom stereocenters. The second-order valence-corrected chi connectivity index (χ2v) is 10.2. The third kappa shape index (κ3) is 4.72. The summed E-state index contributed by atoms with van der Waals surface area (Å²) in [5, 5.41) is 1.09. The third-order valence-electron chi connectivity index (χ3n) is 7.38. The highest BCUT2D eigenvalue weighted by molar-refractivity contribution is 5.99. The summed E-state index contributed by atoms with van der Waals surface area (Å²) >= 11 is 0. The maximum atomic E-state index is 12.5. The Hall–Kier alpha value is -3.32. The highest BCUT2D eigenvalue weighted by Crippen LogP contribution is 2.37. The fourth-order valence-corrected chi connectivity index (χ4v) is 5.02. The number of carbonyl (C=O) groups excluding carboxylic acids is 2. The third-order valence-corrected chi connectivity index (χ3v) is 7.38. The molecule has 188 valence electrons. The number of Topliss-reactive ketones (excluding diaryl/α,β-unsaturated/α-hetero) is 1. The van der Waals surface area contributed by atoms with Crippen molar-refractivity contribution in [3.63, 3.8) is 0 Å². The van der Waals surface area contributed by atoms with Crippen LogP contribution in [0.4, 0.5) is 4.39 Å². The van der Waals surface area contributed by atoms with E-state index in [9.17, 15) is 14.0 Å². The molecule has 6 nitrogen and oxygen atoms in total. The van der Waals surface area contributed by atoms with Crippen LogP contribution < -0.4 is 0 Å². The number of aromatic nitrogens is 3. The van der Waals surface area contributed by atoms with Gasteiger partial charge in [-0.05, 0) is 75.4 Å². The molecule has 0 unspecified atom stereocenters. The molecule has 1 aliphatic carbocycles. The molecule has 7 heteroatoms. The number of hydrogen-bond donors (Lipinski definition) is 0. The molecule has 1 saturated carbocycles. The Morgan fingerprint density at radius 1 is 1.17 bits per heavy atom. The van der Waals surface area contributed by atoms with Crippen molar-refractivity contribution in [2.75, 3.05) is 26.8 Å². The summed E-state index contributed by atoms with van der Waals surface area (Å²) < 4.78 is 16.9. The summed E-state index contributed by atoms with van der Waals surface area (Å²) in [4.78, 5) is 31.0. The van der Waals surface area contributed by atoms with Crippen molar-refractivity contribution in [3.8, 4) is 11.5 Å². The van der Waals surface area contributed by atoms with E-state index in [0.29, 0.717) is 36.4 Å². The second kappa shape index (κ2) is 9.97. The van der Waals surface area contributed by atoms with Crippen molar-refractivity contribution in [1.29, 1.82) is 0 Å². The average molecular weight is 489 g/mol. The number of likely N-dealkylation sites (N-methyl/N-ethyl adjacent to an activating group) is 1. The largest absolute Gasteiger partial charge is 0.338 e. The number of aryl methyl sites for hydroxylation is 1. The molecule has 1 aliphatic rings. The summed E-state index contributed by atoms with van der Waals surface area (Å²) in [6.07, 6.45) is 4.57. The number of imidazole rings is 1. The Morgan fingerprint density at radius 2 is 1.97 bits per heavy atom. The highest BCUT2D eigenvalue weighted by atomic mass is 19.1. The lowest BCUT2D eigenvalue weighted by Gasteiger charge is -2.16. The summed E-state index contributed by atoms with van der Waals surface area (Å²) in [6, 6.07) is 12.0. The molecule has 5 rings (SSSR count). The summed E-state index contributed by atoms with van der Waals surface area (Å²) in [7, 11) is 4.00. The number of nitrogens with zero attached hydrogens (tertiary/aromatic N) is 4. The van der Waals surface area contributed by atoms with Gasteiger partial charge in [0.1, 0.15) is 6.29 Å². The van der Waals surface area contributed by atoms with Gasteiger partial charge >= 0.3 is 0 Å². The number of rotatable bonds is 11. The SMILES string of the molecule is CC(=O)c1ccc2cc(-c3nc4cc(C=O)c(CCN(C)CCCF)cc4n3C)n(CC3CC3)c2c1. The van der Waals surface area contributed by atoms with Crippen LogP contribution in [-0.2, 0) is 20.0 Å². The van der Waals surface area contributed by atoms with Gasteiger partial charge in [0.25, 0.3) is 0 Å². The monoisotopic (exact) mass is 488 g/mol. The van der Waals surface area contributed by atoms with Gasteiger partial charge in [-0.1, -0.05) is 12.1 Å². The van der Waals surface area contributed by atoms with Crippen molar-refractivity contribution in [1.82, 2.24) is 19.0 Å². The van der Waals surface area contributed by atoms with Gasteiger partial charge in [-0.2, -0.15) is 0 Å². The lowest BCUT2D eigenvalue weighted by atomic mass is 10.0. The fraction of sp³-hybridized carbons (Fsp3) is 0.414. The minimum atomic E-state index is -0.318.